The fourth-order valence-electron chi connectivity index (χ4n) is 6.81. The molecule has 33 heavy (non-hydrogen) atoms. The number of halogens is 4. The van der Waals surface area contributed by atoms with Crippen molar-refractivity contribution in [2.45, 2.75) is 43.1 Å². The van der Waals surface area contributed by atoms with E-state index < -0.39 is 28.2 Å². The number of fused-ring (bicyclic) bond motifs is 7. The second-order valence-corrected chi connectivity index (χ2v) is 11.3. The van der Waals surface area contributed by atoms with Gasteiger partial charge in [-0.3, -0.25) is 24.2 Å². The maximum atomic E-state index is 14.1. The number of allylic oxidation sites excluding steroid dienone is 4. The van der Waals surface area contributed by atoms with Crippen LogP contribution in [0.15, 0.2) is 35.0 Å². The van der Waals surface area contributed by atoms with E-state index in [1.165, 1.54) is 4.90 Å². The molecule has 0 aromatic heterocycles. The summed E-state index contributed by atoms with van der Waals surface area (Å²) in [4.78, 5) is 45.2. The number of anilines is 1. The first-order valence-corrected chi connectivity index (χ1v) is 12.4. The molecule has 4 aliphatic heterocycles. The van der Waals surface area contributed by atoms with Gasteiger partial charge in [-0.2, -0.15) is 0 Å². The van der Waals surface area contributed by atoms with Crippen LogP contribution < -0.4 is 5.32 Å². The van der Waals surface area contributed by atoms with Gasteiger partial charge in [-0.15, -0.1) is 11.6 Å². The van der Waals surface area contributed by atoms with Gasteiger partial charge in [0.15, 0.2) is 0 Å². The van der Waals surface area contributed by atoms with Gasteiger partial charge in [0.05, 0.1) is 27.4 Å². The van der Waals surface area contributed by atoms with Crippen molar-refractivity contribution in [3.05, 3.63) is 50.6 Å². The van der Waals surface area contributed by atoms with Crippen molar-refractivity contribution in [1.82, 2.24) is 9.80 Å². The van der Waals surface area contributed by atoms with Crippen LogP contribution in [0, 0.1) is 11.3 Å². The molecular weight excluding hydrogens is 508 g/mol. The number of carbonyl (C=O) groups excluding carboxylic acids is 3. The molecule has 5 aliphatic rings. The molecule has 1 aromatic carbocycles. The Bertz CT molecular complexity index is 1230. The SMILES string of the molecule is CC12C(=O)N(C3=CC(Cl)=CC(Cl)C3)C(=O)C1C1(C(=O)Nc3c(Cl)cc(Cl)cc31)N1CCCC12. The van der Waals surface area contributed by atoms with E-state index in [9.17, 15) is 14.4 Å². The number of imide groups is 1. The van der Waals surface area contributed by atoms with Gasteiger partial charge >= 0.3 is 0 Å². The minimum Gasteiger partial charge on any atom is -0.323 e. The number of amides is 3. The zero-order valence-electron chi connectivity index (χ0n) is 17.5. The summed E-state index contributed by atoms with van der Waals surface area (Å²) in [6.45, 7) is 2.40. The van der Waals surface area contributed by atoms with Crippen molar-refractivity contribution in [2.24, 2.45) is 11.3 Å². The van der Waals surface area contributed by atoms with Crippen LogP contribution in [0.25, 0.3) is 0 Å². The van der Waals surface area contributed by atoms with Crippen molar-refractivity contribution in [3.8, 4) is 0 Å². The first-order valence-electron chi connectivity index (χ1n) is 10.8. The third-order valence-electron chi connectivity index (χ3n) is 7.93. The number of likely N-dealkylation sites (tertiary alicyclic amines) is 1. The standard InChI is InChI=1S/C23H19Cl4N3O3/c1-22-16-3-2-4-29(16)23(14-8-12(26)9-15(27)17(14)28-20(23)32)18(22)19(31)30(21(22)33)13-6-10(24)5-11(25)7-13/h5-6,8-9,11,16,18H,2-4,7H2,1H3,(H,28,32). The molecule has 5 atom stereocenters. The van der Waals surface area contributed by atoms with E-state index in [1.54, 1.807) is 24.3 Å². The van der Waals surface area contributed by atoms with Crippen LogP contribution >= 0.6 is 46.4 Å². The van der Waals surface area contributed by atoms with Crippen molar-refractivity contribution in [1.29, 1.82) is 0 Å². The maximum absolute atomic E-state index is 14.1. The van der Waals surface area contributed by atoms with Crippen LogP contribution in [-0.2, 0) is 19.9 Å². The molecule has 1 N–H and O–H groups in total. The first-order chi connectivity index (χ1) is 15.6. The number of nitrogens with one attached hydrogen (secondary N) is 1. The van der Waals surface area contributed by atoms with E-state index >= 15 is 0 Å². The topological polar surface area (TPSA) is 69.7 Å². The van der Waals surface area contributed by atoms with Crippen LogP contribution in [0.5, 0.6) is 0 Å². The lowest BCUT2D eigenvalue weighted by Crippen LogP contribution is -2.54. The summed E-state index contributed by atoms with van der Waals surface area (Å²) >= 11 is 25.3. The summed E-state index contributed by atoms with van der Waals surface area (Å²) in [5.74, 6) is -2.02. The molecule has 1 spiro atoms. The largest absolute Gasteiger partial charge is 0.323 e. The molecule has 3 amide bonds. The zero-order valence-corrected chi connectivity index (χ0v) is 20.5. The quantitative estimate of drug-likeness (QED) is 0.428. The number of alkyl halides is 1. The van der Waals surface area contributed by atoms with Crippen LogP contribution in [0.3, 0.4) is 0 Å². The van der Waals surface area contributed by atoms with Crippen molar-refractivity contribution in [2.75, 3.05) is 11.9 Å². The number of hydrogen-bond acceptors (Lipinski definition) is 4. The first kappa shape index (κ1) is 21.9. The Morgan fingerprint density at radius 1 is 1.15 bits per heavy atom. The highest BCUT2D eigenvalue weighted by Gasteiger charge is 2.80. The van der Waals surface area contributed by atoms with Gasteiger partial charge in [-0.25, -0.2) is 0 Å². The van der Waals surface area contributed by atoms with Crippen molar-refractivity contribution in [3.63, 3.8) is 0 Å². The van der Waals surface area contributed by atoms with Crippen LogP contribution in [0.4, 0.5) is 5.69 Å². The van der Waals surface area contributed by atoms with E-state index in [2.05, 4.69) is 5.32 Å². The number of rotatable bonds is 1. The maximum Gasteiger partial charge on any atom is 0.250 e. The Labute approximate surface area is 210 Å². The summed E-state index contributed by atoms with van der Waals surface area (Å²) in [6, 6.07) is 2.98. The smallest absolute Gasteiger partial charge is 0.250 e. The van der Waals surface area contributed by atoms with Gasteiger partial charge < -0.3 is 5.32 Å². The third kappa shape index (κ3) is 2.54. The Morgan fingerprint density at radius 2 is 1.91 bits per heavy atom. The van der Waals surface area contributed by atoms with Crippen LogP contribution in [0.1, 0.15) is 31.7 Å². The fourth-order valence-corrected chi connectivity index (χ4v) is 7.98. The highest BCUT2D eigenvalue weighted by atomic mass is 35.5. The number of benzene rings is 1. The summed E-state index contributed by atoms with van der Waals surface area (Å²) in [7, 11) is 0. The van der Waals surface area contributed by atoms with Gasteiger partial charge in [-0.05, 0) is 50.6 Å². The van der Waals surface area contributed by atoms with Crippen LogP contribution in [0.2, 0.25) is 10.0 Å². The minimum atomic E-state index is -1.36. The Hall–Kier alpha value is -1.57. The van der Waals surface area contributed by atoms with Gasteiger partial charge in [0.2, 0.25) is 11.8 Å². The number of carbonyl (C=O) groups is 3. The molecule has 4 heterocycles. The second-order valence-electron chi connectivity index (χ2n) is 9.48. The molecule has 0 radical (unpaired) electrons. The summed E-state index contributed by atoms with van der Waals surface area (Å²) in [5.41, 5.74) is -1.01. The predicted octanol–water partition coefficient (Wildman–Crippen LogP) is 4.63. The molecule has 5 unspecified atom stereocenters. The van der Waals surface area contributed by atoms with Crippen molar-refractivity contribution < 1.29 is 14.4 Å². The van der Waals surface area contributed by atoms with E-state index in [0.717, 1.165) is 6.42 Å². The molecule has 6 rings (SSSR count). The van der Waals surface area contributed by atoms with Gasteiger partial charge in [0, 0.05) is 33.8 Å². The molecule has 0 saturated carbocycles. The molecule has 0 bridgehead atoms. The van der Waals surface area contributed by atoms with E-state index in [1.807, 2.05) is 11.8 Å². The molecule has 3 fully saturated rings. The molecule has 3 saturated heterocycles. The number of hydrogen-bond donors (Lipinski definition) is 1. The van der Waals surface area contributed by atoms with Gasteiger partial charge in [-0.1, -0.05) is 34.8 Å². The lowest BCUT2D eigenvalue weighted by molar-refractivity contribution is -0.144. The monoisotopic (exact) mass is 525 g/mol. The highest BCUT2D eigenvalue weighted by molar-refractivity contribution is 6.38. The fraction of sp³-hybridized carbons (Fsp3) is 0.435. The second kappa shape index (κ2) is 6.98. The Kier molecular flexibility index (Phi) is 4.64. The molecule has 1 aliphatic carbocycles. The average molecular weight is 527 g/mol. The molecular formula is C23H19Cl4N3O3. The summed E-state index contributed by atoms with van der Waals surface area (Å²) in [6.07, 6.45) is 5.09. The molecule has 10 heteroatoms. The summed E-state index contributed by atoms with van der Waals surface area (Å²) < 4.78 is 0. The number of nitrogens with zero attached hydrogens (tertiary/aromatic N) is 2. The predicted molar refractivity (Wildman–Crippen MR) is 126 cm³/mol. The zero-order chi connectivity index (χ0) is 23.4. The van der Waals surface area contributed by atoms with Gasteiger partial charge in [0.1, 0.15) is 5.54 Å². The normalized spacial score (nSPS) is 37.3. The van der Waals surface area contributed by atoms with Crippen LogP contribution in [-0.4, -0.2) is 45.5 Å². The van der Waals surface area contributed by atoms with Crippen molar-refractivity contribution >= 4 is 69.8 Å². The molecule has 172 valence electrons. The summed E-state index contributed by atoms with van der Waals surface area (Å²) in [5, 5.41) is 3.50. The minimum absolute atomic E-state index is 0.277. The average Bonchev–Trinajstić information content (AvgIpc) is 3.41. The lowest BCUT2D eigenvalue weighted by Gasteiger charge is -2.37. The Morgan fingerprint density at radius 3 is 2.64 bits per heavy atom. The van der Waals surface area contributed by atoms with E-state index in [0.29, 0.717) is 51.4 Å². The Balaban J connectivity index is 1.59. The highest BCUT2D eigenvalue weighted by Crippen LogP contribution is 2.66. The lowest BCUT2D eigenvalue weighted by atomic mass is 9.67. The van der Waals surface area contributed by atoms with E-state index in [-0.39, 0.29) is 17.9 Å². The molecule has 1 aromatic rings. The third-order valence-corrected chi connectivity index (χ3v) is 8.96. The van der Waals surface area contributed by atoms with E-state index in [4.69, 9.17) is 46.4 Å². The molecule has 6 nitrogen and oxygen atoms in total. The van der Waals surface area contributed by atoms with Gasteiger partial charge in [0.25, 0.3) is 5.91 Å².